The van der Waals surface area contributed by atoms with E-state index in [1.165, 1.54) is 64.2 Å². The Kier molecular flexibility index (Phi) is 12.8. The minimum absolute atomic E-state index is 0.385. The summed E-state index contributed by atoms with van der Waals surface area (Å²) < 4.78 is 0. The average molecular weight is 275 g/mol. The molecule has 0 aromatic heterocycles. The van der Waals surface area contributed by atoms with E-state index in [9.17, 15) is 0 Å². The van der Waals surface area contributed by atoms with Crippen molar-refractivity contribution in [3.05, 3.63) is 0 Å². The second-order valence-electron chi connectivity index (χ2n) is 5.95. The molecule has 0 spiro atoms. The fraction of sp³-hybridized carbons (Fsp3) is 1.00. The third-order valence-corrected chi connectivity index (χ3v) is 5.70. The first-order chi connectivity index (χ1) is 9.02. The molecule has 0 aliphatic heterocycles. The van der Waals surface area contributed by atoms with Crippen molar-refractivity contribution in [2.24, 2.45) is 0 Å². The molecule has 0 aromatic carbocycles. The maximum absolute atomic E-state index is 6.03. The van der Waals surface area contributed by atoms with Gasteiger partial charge in [0.05, 0.1) is 0 Å². The molecule has 0 aliphatic rings. The zero-order valence-electron chi connectivity index (χ0n) is 13.2. The van der Waals surface area contributed by atoms with Crippen LogP contribution in [0.3, 0.4) is 0 Å². The van der Waals surface area contributed by atoms with Gasteiger partial charge in [-0.2, -0.15) is 0 Å². The second-order valence-corrected chi connectivity index (χ2v) is 8.47. The van der Waals surface area contributed by atoms with Crippen LogP contribution in [-0.4, -0.2) is 28.4 Å². The molecule has 0 aromatic rings. The van der Waals surface area contributed by atoms with Gasteiger partial charge in [-0.3, -0.25) is 0 Å². The quantitative estimate of drug-likeness (QED) is 0.241. The van der Waals surface area contributed by atoms with Crippen LogP contribution in [0, 0.1) is 0 Å². The highest BCUT2D eigenvalue weighted by Gasteiger charge is 2.29. The predicted octanol–water partition coefficient (Wildman–Crippen LogP) is 5.34. The first-order valence-electron chi connectivity index (χ1n) is 8.26. The van der Waals surface area contributed by atoms with Crippen LogP contribution < -0.4 is 0 Å². The lowest BCUT2D eigenvalue weighted by Crippen LogP contribution is -2.14. The minimum atomic E-state index is -2.14. The smallest absolute Gasteiger partial charge is 0.148 e. The van der Waals surface area contributed by atoms with Crippen LogP contribution in [0.25, 0.3) is 0 Å². The average Bonchev–Trinajstić information content (AvgIpc) is 2.34. The lowest BCUT2D eigenvalue weighted by atomic mass is 10.0. The van der Waals surface area contributed by atoms with Gasteiger partial charge in [0.15, 0.2) is 0 Å². The third kappa shape index (κ3) is 12.1. The highest BCUT2D eigenvalue weighted by Crippen LogP contribution is 2.52. The predicted molar refractivity (Wildman–Crippen MR) is 94.7 cm³/mol. The van der Waals surface area contributed by atoms with Gasteiger partial charge in [-0.25, -0.2) is 0 Å². The van der Waals surface area contributed by atoms with Crippen molar-refractivity contribution < 1.29 is 0 Å². The highest BCUT2D eigenvalue weighted by atomic mass is 31.2. The van der Waals surface area contributed by atoms with Crippen molar-refractivity contribution in [1.82, 2.24) is 0 Å². The molecule has 0 amide bonds. The number of hydrogen-bond acceptors (Lipinski definition) is 0. The molecule has 104 valence electrons. The van der Waals surface area contributed by atoms with E-state index in [4.69, 9.17) is 22.7 Å². The van der Waals surface area contributed by atoms with Crippen molar-refractivity contribution in [3.63, 3.8) is 0 Å². The van der Waals surface area contributed by atoms with E-state index in [0.29, 0.717) is 5.66 Å². The number of unbranched alkanes of at least 4 members (excludes halogenated alkanes) is 8. The van der Waals surface area contributed by atoms with Gasteiger partial charge < -0.3 is 0 Å². The van der Waals surface area contributed by atoms with Crippen molar-refractivity contribution in [2.75, 3.05) is 0 Å². The topological polar surface area (TPSA) is 0 Å². The van der Waals surface area contributed by atoms with Crippen LogP contribution in [0.2, 0.25) is 0 Å². The lowest BCUT2D eigenvalue weighted by Gasteiger charge is -2.26. The summed E-state index contributed by atoms with van der Waals surface area (Å²) in [5, 5.41) is 0. The second kappa shape index (κ2) is 12.4. The molecular weight excluding hydrogens is 244 g/mol. The maximum atomic E-state index is 6.03. The Labute approximate surface area is 126 Å². The zero-order valence-corrected chi connectivity index (χ0v) is 14.1. The maximum Gasteiger partial charge on any atom is 0.323 e. The molecule has 0 heterocycles. The molecule has 0 nitrogen and oxygen atoms in total. The SMILES string of the molecule is [B][P+]([B])([B])C(CCCCCCC)CCCCCCC. The van der Waals surface area contributed by atoms with Gasteiger partial charge in [0.1, 0.15) is 0 Å². The molecule has 0 N–H and O–H groups in total. The summed E-state index contributed by atoms with van der Waals surface area (Å²) in [6.45, 7) is 2.35. The molecule has 6 radical (unpaired) electrons. The summed E-state index contributed by atoms with van der Waals surface area (Å²) in [6.07, 6.45) is 15.3. The van der Waals surface area contributed by atoms with Gasteiger partial charge in [0, 0.05) is 5.66 Å². The molecule has 0 rings (SSSR count). The molecule has 0 unspecified atom stereocenters. The summed E-state index contributed by atoms with van der Waals surface area (Å²) in [7, 11) is 18.1. The Balaban J connectivity index is 3.77. The fourth-order valence-electron chi connectivity index (χ4n) is 2.56. The Morgan fingerprint density at radius 3 is 1.32 bits per heavy atom. The van der Waals surface area contributed by atoms with Crippen LogP contribution >= 0.6 is 6.90 Å². The van der Waals surface area contributed by atoms with Gasteiger partial charge in [0.2, 0.25) is 0 Å². The number of hydrogen-bond donors (Lipinski definition) is 0. The highest BCUT2D eigenvalue weighted by molar-refractivity contribution is 8.29. The van der Waals surface area contributed by atoms with Crippen LogP contribution in [0.5, 0.6) is 0 Å². The molecule has 0 fully saturated rings. The Morgan fingerprint density at radius 2 is 1.00 bits per heavy atom. The summed E-state index contributed by atoms with van der Waals surface area (Å²) in [5.74, 6) is 0. The van der Waals surface area contributed by atoms with Crippen molar-refractivity contribution in [3.8, 4) is 0 Å². The van der Waals surface area contributed by atoms with Crippen LogP contribution in [-0.2, 0) is 0 Å². The minimum Gasteiger partial charge on any atom is -0.148 e. The van der Waals surface area contributed by atoms with Gasteiger partial charge >= 0.3 is 22.7 Å². The van der Waals surface area contributed by atoms with E-state index in [0.717, 1.165) is 12.8 Å². The van der Waals surface area contributed by atoms with Gasteiger partial charge in [-0.15, -0.1) is 6.90 Å². The first kappa shape index (κ1) is 19.6. The van der Waals surface area contributed by atoms with E-state index in [-0.39, 0.29) is 0 Å². The largest absolute Gasteiger partial charge is 0.323 e. The van der Waals surface area contributed by atoms with Crippen molar-refractivity contribution in [2.45, 2.75) is 96.6 Å². The van der Waals surface area contributed by atoms with E-state index in [1.54, 1.807) is 0 Å². The van der Waals surface area contributed by atoms with E-state index < -0.39 is 6.90 Å². The van der Waals surface area contributed by atoms with Crippen LogP contribution in [0.1, 0.15) is 90.9 Å². The Morgan fingerprint density at radius 1 is 0.632 bits per heavy atom. The van der Waals surface area contributed by atoms with Gasteiger partial charge in [-0.05, 0) is 25.7 Å². The third-order valence-electron chi connectivity index (χ3n) is 3.91. The molecule has 0 aliphatic carbocycles. The molecule has 4 heteroatoms. The van der Waals surface area contributed by atoms with Crippen LogP contribution in [0.4, 0.5) is 0 Å². The first-order valence-corrected chi connectivity index (χ1v) is 10.3. The molecule has 19 heavy (non-hydrogen) atoms. The summed E-state index contributed by atoms with van der Waals surface area (Å²) >= 11 is 0. The normalized spacial score (nSPS) is 12.2. The molecule has 0 atom stereocenters. The lowest BCUT2D eigenvalue weighted by molar-refractivity contribution is 0.549. The van der Waals surface area contributed by atoms with Crippen molar-refractivity contribution >= 4 is 29.6 Å². The van der Waals surface area contributed by atoms with E-state index in [1.807, 2.05) is 0 Å². The Bertz CT molecular complexity index is 178. The molecular formula is C15H31B3P+. The molecule has 0 saturated heterocycles. The molecule has 0 bridgehead atoms. The standard InChI is InChI=1S/C15H31B3P/c1-3-5-7-9-11-13-15(19(16,17)18)14-12-10-8-6-4-2/h15H,3-14H2,1-2H3/q+1. The van der Waals surface area contributed by atoms with Crippen molar-refractivity contribution in [1.29, 1.82) is 0 Å². The summed E-state index contributed by atoms with van der Waals surface area (Å²) in [4.78, 5) is 0. The zero-order chi connectivity index (χ0) is 14.6. The van der Waals surface area contributed by atoms with E-state index >= 15 is 0 Å². The fourth-order valence-corrected chi connectivity index (χ4v) is 3.82. The monoisotopic (exact) mass is 275 g/mol. The van der Waals surface area contributed by atoms with E-state index in [2.05, 4.69) is 13.8 Å². The summed E-state index contributed by atoms with van der Waals surface area (Å²) in [5.41, 5.74) is 0.385. The van der Waals surface area contributed by atoms with Gasteiger partial charge in [-0.1, -0.05) is 65.2 Å². The Hall–Kier alpha value is 0.625. The van der Waals surface area contributed by atoms with Gasteiger partial charge in [0.25, 0.3) is 0 Å². The molecule has 0 saturated carbocycles. The van der Waals surface area contributed by atoms with Crippen LogP contribution in [0.15, 0.2) is 0 Å². The number of rotatable bonds is 13. The summed E-state index contributed by atoms with van der Waals surface area (Å²) in [6, 6.07) is 0.